The lowest BCUT2D eigenvalue weighted by atomic mass is 9.85. The van der Waals surface area contributed by atoms with Gasteiger partial charge in [-0.1, -0.05) is 20.8 Å². The molecule has 0 saturated heterocycles. The number of aliphatic hydroxyl groups is 1. The van der Waals surface area contributed by atoms with Crippen molar-refractivity contribution in [1.29, 1.82) is 0 Å². The zero-order valence-corrected chi connectivity index (χ0v) is 24.1. The van der Waals surface area contributed by atoms with Crippen molar-refractivity contribution in [2.45, 2.75) is 59.6 Å². The molecule has 4 N–H and O–H groups in total. The minimum absolute atomic E-state index is 0.0114. The molecule has 212 valence electrons. The van der Waals surface area contributed by atoms with E-state index in [-0.39, 0.29) is 18.8 Å². The van der Waals surface area contributed by atoms with Crippen LogP contribution in [0.25, 0.3) is 22.0 Å². The van der Waals surface area contributed by atoms with Gasteiger partial charge in [-0.3, -0.25) is 4.99 Å². The Morgan fingerprint density at radius 3 is 2.70 bits per heavy atom. The van der Waals surface area contributed by atoms with E-state index in [0.717, 1.165) is 53.0 Å². The Hall–Kier alpha value is -3.83. The highest BCUT2D eigenvalue weighted by Gasteiger charge is 2.27. The Morgan fingerprint density at radius 1 is 1.27 bits per heavy atom. The number of hydrogen-bond acceptors (Lipinski definition) is 5. The maximum Gasteiger partial charge on any atom is 0.201 e. The number of benzene rings is 2. The lowest BCUT2D eigenvalue weighted by Crippen LogP contribution is -2.34. The third-order valence-corrected chi connectivity index (χ3v) is 7.41. The number of ether oxygens (including phenoxy) is 1. The predicted octanol–water partition coefficient (Wildman–Crippen LogP) is 5.54. The first-order valence-corrected chi connectivity index (χ1v) is 13.5. The summed E-state index contributed by atoms with van der Waals surface area (Å²) in [5, 5.41) is 14.6. The summed E-state index contributed by atoms with van der Waals surface area (Å²) in [6.07, 6.45) is 3.26. The maximum absolute atomic E-state index is 15.3. The van der Waals surface area contributed by atoms with Crippen LogP contribution < -0.4 is 15.8 Å². The monoisotopic (exact) mass is 548 g/mol. The van der Waals surface area contributed by atoms with Crippen molar-refractivity contribution in [3.05, 3.63) is 64.5 Å². The van der Waals surface area contributed by atoms with Gasteiger partial charge >= 0.3 is 0 Å². The van der Waals surface area contributed by atoms with Crippen molar-refractivity contribution in [3.8, 4) is 28.8 Å². The van der Waals surface area contributed by atoms with Crippen molar-refractivity contribution in [1.82, 2.24) is 9.88 Å². The second-order valence-corrected chi connectivity index (χ2v) is 11.2. The van der Waals surface area contributed by atoms with Crippen LogP contribution in [0.5, 0.6) is 5.75 Å². The number of hydrogen-bond donors (Lipinski definition) is 3. The van der Waals surface area contributed by atoms with E-state index < -0.39 is 23.2 Å². The van der Waals surface area contributed by atoms with E-state index in [1.807, 2.05) is 39.1 Å². The topological polar surface area (TPSA) is 84.8 Å². The first kappa shape index (κ1) is 29.2. The van der Waals surface area contributed by atoms with Gasteiger partial charge in [0, 0.05) is 61.7 Å². The van der Waals surface area contributed by atoms with Crippen LogP contribution in [0, 0.1) is 29.0 Å². The summed E-state index contributed by atoms with van der Waals surface area (Å²) in [6.45, 7) is 8.39. The summed E-state index contributed by atoms with van der Waals surface area (Å²) in [4.78, 5) is 4.24. The van der Waals surface area contributed by atoms with Crippen LogP contribution in [-0.4, -0.2) is 42.2 Å². The first-order valence-electron chi connectivity index (χ1n) is 13.5. The van der Waals surface area contributed by atoms with E-state index in [2.05, 4.69) is 26.8 Å². The highest BCUT2D eigenvalue weighted by molar-refractivity contribution is 5.99. The van der Waals surface area contributed by atoms with E-state index in [1.165, 1.54) is 0 Å². The molecule has 0 fully saturated rings. The van der Waals surface area contributed by atoms with Crippen molar-refractivity contribution in [2.75, 3.05) is 20.7 Å². The quantitative estimate of drug-likeness (QED) is 0.206. The molecule has 4 rings (SSSR count). The summed E-state index contributed by atoms with van der Waals surface area (Å²) in [7, 11) is 3.40. The molecule has 2 heterocycles. The molecule has 2 aromatic carbocycles. The van der Waals surface area contributed by atoms with E-state index in [1.54, 1.807) is 27.1 Å². The SMILES string of the molecule is CN=C(C)/C(CCOc1c(-c2cc3c4c(c2)c(C#CNC)cn4CCC3)ccc(F)c1F)=C(\N)C(O)C(C)(C)C. The second-order valence-electron chi connectivity index (χ2n) is 11.2. The molecule has 0 saturated carbocycles. The number of nitrogens with one attached hydrogen (secondary N) is 1. The molecule has 1 aromatic heterocycles. The molecule has 0 bridgehead atoms. The smallest absolute Gasteiger partial charge is 0.201 e. The van der Waals surface area contributed by atoms with Crippen LogP contribution in [0.1, 0.15) is 51.7 Å². The Kier molecular flexibility index (Phi) is 8.55. The van der Waals surface area contributed by atoms with Crippen molar-refractivity contribution >= 4 is 16.6 Å². The van der Waals surface area contributed by atoms with Gasteiger partial charge in [-0.25, -0.2) is 4.39 Å². The summed E-state index contributed by atoms with van der Waals surface area (Å²) in [6, 6.07) is 9.58. The van der Waals surface area contributed by atoms with Crippen LogP contribution in [0.4, 0.5) is 8.78 Å². The van der Waals surface area contributed by atoms with Gasteiger partial charge < -0.3 is 25.5 Å². The molecule has 1 atom stereocenters. The number of aliphatic hydroxyl groups excluding tert-OH is 1. The molecule has 0 aliphatic carbocycles. The largest absolute Gasteiger partial charge is 0.489 e. The Bertz CT molecular complexity index is 1550. The molecule has 0 spiro atoms. The third kappa shape index (κ3) is 5.71. The zero-order chi connectivity index (χ0) is 29.2. The Balaban J connectivity index is 1.74. The fourth-order valence-electron chi connectivity index (χ4n) is 5.18. The Labute approximate surface area is 234 Å². The van der Waals surface area contributed by atoms with E-state index in [4.69, 9.17) is 10.5 Å². The number of rotatable bonds is 7. The van der Waals surface area contributed by atoms with E-state index in [9.17, 15) is 9.50 Å². The third-order valence-electron chi connectivity index (χ3n) is 7.41. The lowest BCUT2D eigenvalue weighted by Gasteiger charge is -2.28. The van der Waals surface area contributed by atoms with Gasteiger partial charge in [-0.15, -0.1) is 0 Å². The summed E-state index contributed by atoms with van der Waals surface area (Å²) < 4.78 is 37.9. The summed E-state index contributed by atoms with van der Waals surface area (Å²) in [5.74, 6) is 0.960. The molecule has 0 amide bonds. The average Bonchev–Trinajstić information content (AvgIpc) is 3.28. The van der Waals surface area contributed by atoms with Gasteiger partial charge in [-0.2, -0.15) is 4.39 Å². The number of nitrogens with zero attached hydrogens (tertiary/aromatic N) is 2. The molecule has 1 aliphatic rings. The van der Waals surface area contributed by atoms with E-state index >= 15 is 4.39 Å². The minimum atomic E-state index is -1.05. The van der Waals surface area contributed by atoms with Gasteiger partial charge in [0.1, 0.15) is 0 Å². The second kappa shape index (κ2) is 11.7. The molecule has 40 heavy (non-hydrogen) atoms. The van der Waals surface area contributed by atoms with Gasteiger partial charge in [-0.05, 0) is 72.1 Å². The van der Waals surface area contributed by atoms with Crippen LogP contribution in [-0.2, 0) is 13.0 Å². The molecule has 1 aliphatic heterocycles. The number of halogens is 2. The molecule has 0 radical (unpaired) electrons. The lowest BCUT2D eigenvalue weighted by molar-refractivity contribution is 0.0926. The molecular weight excluding hydrogens is 510 g/mol. The highest BCUT2D eigenvalue weighted by atomic mass is 19.2. The van der Waals surface area contributed by atoms with Gasteiger partial charge in [0.25, 0.3) is 0 Å². The summed E-state index contributed by atoms with van der Waals surface area (Å²) in [5.41, 5.74) is 11.8. The number of aliphatic imine (C=N–C) groups is 1. The Morgan fingerprint density at radius 2 is 2.02 bits per heavy atom. The van der Waals surface area contributed by atoms with Crippen LogP contribution in [0.3, 0.4) is 0 Å². The van der Waals surface area contributed by atoms with Gasteiger partial charge in [0.05, 0.1) is 23.8 Å². The molecule has 6 nitrogen and oxygen atoms in total. The molecular formula is C32H38F2N4O2. The van der Waals surface area contributed by atoms with Crippen LogP contribution in [0.2, 0.25) is 0 Å². The zero-order valence-electron chi connectivity index (χ0n) is 24.1. The van der Waals surface area contributed by atoms with Crippen molar-refractivity contribution in [3.63, 3.8) is 0 Å². The fourth-order valence-corrected chi connectivity index (χ4v) is 5.18. The van der Waals surface area contributed by atoms with Gasteiger partial charge in [0.2, 0.25) is 5.82 Å². The van der Waals surface area contributed by atoms with Crippen LogP contribution in [0.15, 0.2) is 46.7 Å². The average molecular weight is 549 g/mol. The van der Waals surface area contributed by atoms with Gasteiger partial charge in [0.15, 0.2) is 11.6 Å². The number of nitrogens with two attached hydrogens (primary N) is 1. The number of aryl methyl sites for hydroxylation is 2. The summed E-state index contributed by atoms with van der Waals surface area (Å²) >= 11 is 0. The standard InChI is InChI=1S/C32H38F2N4O2/c1-19(37-6)23(28(35)31(39)32(2,3)4)12-15-40-30-24(9-10-26(33)27(30)34)22-16-20-8-7-14-38-18-21(11-13-36-5)25(17-22)29(20)38/h9-10,16-18,31,36,39H,7-8,12,14-15,35H2,1-6H3/b28-23-,37-19?. The number of aromatic nitrogens is 1. The first-order chi connectivity index (χ1) is 19.0. The molecule has 8 heteroatoms. The van der Waals surface area contributed by atoms with Crippen LogP contribution >= 0.6 is 0 Å². The molecule has 1 unspecified atom stereocenters. The molecule has 3 aromatic rings. The fraction of sp³-hybridized carbons (Fsp3) is 0.406. The predicted molar refractivity (Wildman–Crippen MR) is 157 cm³/mol. The van der Waals surface area contributed by atoms with E-state index in [0.29, 0.717) is 22.5 Å². The highest BCUT2D eigenvalue weighted by Crippen LogP contribution is 2.39. The van der Waals surface area contributed by atoms with Crippen molar-refractivity contribution < 1.29 is 18.6 Å². The van der Waals surface area contributed by atoms with Crippen molar-refractivity contribution in [2.24, 2.45) is 16.1 Å². The maximum atomic E-state index is 15.3. The minimum Gasteiger partial charge on any atom is -0.489 e. The normalized spacial score (nSPS) is 14.9.